The molecule has 0 aliphatic carbocycles. The van der Waals surface area contributed by atoms with Crippen molar-refractivity contribution in [2.45, 2.75) is 33.4 Å². The molecule has 0 N–H and O–H groups in total. The molecule has 2 fully saturated rings. The van der Waals surface area contributed by atoms with Crippen molar-refractivity contribution in [3.05, 3.63) is 47.5 Å². The molecule has 2 aromatic rings. The first-order chi connectivity index (χ1) is 14.8. The second-order valence-corrected chi connectivity index (χ2v) is 9.26. The lowest BCUT2D eigenvalue weighted by molar-refractivity contribution is -0.140. The van der Waals surface area contributed by atoms with Gasteiger partial charge >= 0.3 is 0 Å². The van der Waals surface area contributed by atoms with Crippen LogP contribution in [0.1, 0.15) is 23.4 Å². The van der Waals surface area contributed by atoms with Gasteiger partial charge in [-0.3, -0.25) is 24.2 Å². The molecule has 2 saturated heterocycles. The van der Waals surface area contributed by atoms with Crippen LogP contribution < -0.4 is 0 Å². The molecule has 8 nitrogen and oxygen atoms in total. The standard InChI is InChI=1S/C23H32N6O2/c1-17-10-18(2)29(25-17)9-7-21(30)28-14-20-13-27(12-19-6-5-8-24-11-19)15-23(20,16-28)22(31)26(3)4/h5-6,8,10-11,20H,7,9,12-16H2,1-4H3/t20-,23-/m0/s1. The van der Waals surface area contributed by atoms with Crippen molar-refractivity contribution < 1.29 is 9.59 Å². The van der Waals surface area contributed by atoms with Crippen LogP contribution in [0.5, 0.6) is 0 Å². The van der Waals surface area contributed by atoms with E-state index in [-0.39, 0.29) is 17.7 Å². The predicted octanol–water partition coefficient (Wildman–Crippen LogP) is 1.33. The lowest BCUT2D eigenvalue weighted by Gasteiger charge is -2.31. The Balaban J connectivity index is 1.44. The first kappa shape index (κ1) is 21.5. The molecule has 2 atom stereocenters. The number of aromatic nitrogens is 3. The highest BCUT2D eigenvalue weighted by Gasteiger charge is 2.58. The van der Waals surface area contributed by atoms with E-state index in [9.17, 15) is 9.59 Å². The van der Waals surface area contributed by atoms with E-state index < -0.39 is 5.41 Å². The van der Waals surface area contributed by atoms with E-state index >= 15 is 0 Å². The van der Waals surface area contributed by atoms with Crippen LogP contribution in [0.4, 0.5) is 0 Å². The van der Waals surface area contributed by atoms with E-state index in [1.807, 2.05) is 55.9 Å². The fourth-order valence-electron chi connectivity index (χ4n) is 5.24. The zero-order chi connectivity index (χ0) is 22.2. The van der Waals surface area contributed by atoms with Crippen LogP contribution in [0.15, 0.2) is 30.6 Å². The van der Waals surface area contributed by atoms with Crippen molar-refractivity contribution in [2.75, 3.05) is 40.3 Å². The SMILES string of the molecule is Cc1cc(C)n(CCC(=O)N2C[C@@H]3CN(Cc4cccnc4)C[C@]3(C(=O)N(C)C)C2)n1. The van der Waals surface area contributed by atoms with Crippen LogP contribution in [-0.4, -0.2) is 81.6 Å². The molecular formula is C23H32N6O2. The Kier molecular flexibility index (Phi) is 5.83. The lowest BCUT2D eigenvalue weighted by Crippen LogP contribution is -2.47. The number of hydrogen-bond donors (Lipinski definition) is 0. The molecule has 0 saturated carbocycles. The number of carbonyl (C=O) groups excluding carboxylic acids is 2. The van der Waals surface area contributed by atoms with Gasteiger partial charge in [0.15, 0.2) is 0 Å². The van der Waals surface area contributed by atoms with E-state index in [0.29, 0.717) is 32.6 Å². The highest BCUT2D eigenvalue weighted by atomic mass is 16.2. The molecule has 4 heterocycles. The predicted molar refractivity (Wildman–Crippen MR) is 117 cm³/mol. The minimum Gasteiger partial charge on any atom is -0.348 e. The molecule has 8 heteroatoms. The number of aryl methyl sites for hydroxylation is 3. The van der Waals surface area contributed by atoms with Gasteiger partial charge in [-0.25, -0.2) is 0 Å². The average molecular weight is 425 g/mol. The minimum absolute atomic E-state index is 0.103. The summed E-state index contributed by atoms with van der Waals surface area (Å²) in [6.07, 6.45) is 4.05. The minimum atomic E-state index is -0.528. The van der Waals surface area contributed by atoms with Crippen LogP contribution in [-0.2, 0) is 22.7 Å². The summed E-state index contributed by atoms with van der Waals surface area (Å²) < 4.78 is 1.89. The summed E-state index contributed by atoms with van der Waals surface area (Å²) in [6, 6.07) is 6.03. The molecule has 0 aromatic carbocycles. The van der Waals surface area contributed by atoms with Crippen molar-refractivity contribution in [3.8, 4) is 0 Å². The fraction of sp³-hybridized carbons (Fsp3) is 0.565. The van der Waals surface area contributed by atoms with E-state index in [1.165, 1.54) is 0 Å². The molecule has 2 aliphatic rings. The maximum absolute atomic E-state index is 13.3. The zero-order valence-electron chi connectivity index (χ0n) is 18.9. The van der Waals surface area contributed by atoms with Crippen molar-refractivity contribution >= 4 is 11.8 Å². The molecule has 2 aliphatic heterocycles. The van der Waals surface area contributed by atoms with Crippen molar-refractivity contribution in [2.24, 2.45) is 11.3 Å². The summed E-state index contributed by atoms with van der Waals surface area (Å²) in [5.74, 6) is 0.378. The third-order valence-electron chi connectivity index (χ3n) is 6.63. The van der Waals surface area contributed by atoms with E-state index in [1.54, 1.807) is 11.1 Å². The molecular weight excluding hydrogens is 392 g/mol. The van der Waals surface area contributed by atoms with E-state index in [4.69, 9.17) is 0 Å². The molecule has 2 aromatic heterocycles. The maximum atomic E-state index is 13.3. The first-order valence-electron chi connectivity index (χ1n) is 10.9. The zero-order valence-corrected chi connectivity index (χ0v) is 18.9. The van der Waals surface area contributed by atoms with Crippen molar-refractivity contribution in [1.82, 2.24) is 29.5 Å². The summed E-state index contributed by atoms with van der Waals surface area (Å²) in [4.78, 5) is 36.4. The molecule has 0 bridgehead atoms. The van der Waals surface area contributed by atoms with Gasteiger partial charge in [-0.05, 0) is 31.5 Å². The van der Waals surface area contributed by atoms with Gasteiger partial charge in [-0.15, -0.1) is 0 Å². The Bertz CT molecular complexity index is 956. The summed E-state index contributed by atoms with van der Waals surface area (Å²) in [6.45, 7) is 7.93. The highest BCUT2D eigenvalue weighted by molar-refractivity contribution is 5.86. The maximum Gasteiger partial charge on any atom is 0.231 e. The second-order valence-electron chi connectivity index (χ2n) is 9.26. The summed E-state index contributed by atoms with van der Waals surface area (Å²) in [5.41, 5.74) is 2.64. The first-order valence-corrected chi connectivity index (χ1v) is 10.9. The van der Waals surface area contributed by atoms with Gasteiger partial charge in [-0.2, -0.15) is 5.10 Å². The number of rotatable bonds is 6. The number of likely N-dealkylation sites (tertiary alicyclic amines) is 2. The second kappa shape index (κ2) is 8.42. The Morgan fingerprint density at radius 2 is 2.03 bits per heavy atom. The largest absolute Gasteiger partial charge is 0.348 e. The van der Waals surface area contributed by atoms with Crippen LogP contribution in [0.25, 0.3) is 0 Å². The quantitative estimate of drug-likeness (QED) is 0.700. The summed E-state index contributed by atoms with van der Waals surface area (Å²) in [7, 11) is 3.62. The smallest absolute Gasteiger partial charge is 0.231 e. The summed E-state index contributed by atoms with van der Waals surface area (Å²) in [5, 5.41) is 4.45. The number of pyridine rings is 1. The molecule has 166 valence electrons. The average Bonchev–Trinajstić information content (AvgIpc) is 3.36. The molecule has 0 spiro atoms. The van der Waals surface area contributed by atoms with Crippen LogP contribution in [0.2, 0.25) is 0 Å². The van der Waals surface area contributed by atoms with Crippen LogP contribution in [0.3, 0.4) is 0 Å². The van der Waals surface area contributed by atoms with Crippen molar-refractivity contribution in [3.63, 3.8) is 0 Å². The Hall–Kier alpha value is -2.74. The molecule has 31 heavy (non-hydrogen) atoms. The number of hydrogen-bond acceptors (Lipinski definition) is 5. The van der Waals surface area contributed by atoms with Crippen molar-refractivity contribution in [1.29, 1.82) is 0 Å². The number of carbonyl (C=O) groups is 2. The van der Waals surface area contributed by atoms with Gasteiger partial charge < -0.3 is 9.80 Å². The normalized spacial score (nSPS) is 23.2. The Labute approximate surface area is 183 Å². The molecule has 4 rings (SSSR count). The molecule has 0 unspecified atom stereocenters. The molecule has 2 amide bonds. The monoisotopic (exact) mass is 424 g/mol. The van der Waals surface area contributed by atoms with Gasteiger partial charge in [0.25, 0.3) is 0 Å². The molecule has 0 radical (unpaired) electrons. The number of amides is 2. The fourth-order valence-corrected chi connectivity index (χ4v) is 5.24. The van der Waals surface area contributed by atoms with Gasteiger partial charge in [0, 0.05) is 83.8 Å². The Morgan fingerprint density at radius 3 is 2.68 bits per heavy atom. The lowest BCUT2D eigenvalue weighted by atomic mass is 9.80. The third-order valence-corrected chi connectivity index (χ3v) is 6.63. The summed E-state index contributed by atoms with van der Waals surface area (Å²) >= 11 is 0. The van der Waals surface area contributed by atoms with Crippen LogP contribution >= 0.6 is 0 Å². The van der Waals surface area contributed by atoms with Gasteiger partial charge in [0.2, 0.25) is 11.8 Å². The third kappa shape index (κ3) is 4.21. The van der Waals surface area contributed by atoms with Gasteiger partial charge in [-0.1, -0.05) is 6.07 Å². The topological polar surface area (TPSA) is 74.6 Å². The number of fused-ring (bicyclic) bond motifs is 1. The van der Waals surface area contributed by atoms with Gasteiger partial charge in [0.05, 0.1) is 11.1 Å². The Morgan fingerprint density at radius 1 is 1.23 bits per heavy atom. The van der Waals surface area contributed by atoms with Gasteiger partial charge in [0.1, 0.15) is 0 Å². The highest BCUT2D eigenvalue weighted by Crippen LogP contribution is 2.44. The number of nitrogens with zero attached hydrogens (tertiary/aromatic N) is 6. The van der Waals surface area contributed by atoms with E-state index in [0.717, 1.165) is 30.0 Å². The van der Waals surface area contributed by atoms with Crippen LogP contribution in [0, 0.1) is 25.2 Å². The van der Waals surface area contributed by atoms with E-state index in [2.05, 4.69) is 21.0 Å².